The summed E-state index contributed by atoms with van der Waals surface area (Å²) in [5, 5.41) is 10.8. The van der Waals surface area contributed by atoms with Crippen molar-refractivity contribution >= 4 is 32.8 Å². The van der Waals surface area contributed by atoms with Gasteiger partial charge in [0.05, 0.1) is 21.9 Å². The Morgan fingerprint density at radius 2 is 1.78 bits per heavy atom. The third-order valence-electron chi connectivity index (χ3n) is 3.14. The van der Waals surface area contributed by atoms with Crippen molar-refractivity contribution in [3.63, 3.8) is 0 Å². The molecule has 2 heterocycles. The first kappa shape index (κ1) is 9.35. The zero-order valence-electron chi connectivity index (χ0n) is 9.27. The molecule has 0 atom stereocenters. The van der Waals surface area contributed by atoms with Crippen molar-refractivity contribution in [1.82, 2.24) is 20.4 Å². The molecule has 0 aliphatic heterocycles. The maximum absolute atomic E-state index is 12.5. The molecule has 0 saturated carbocycles. The van der Waals surface area contributed by atoms with Crippen LogP contribution in [0.4, 0.5) is 0 Å². The van der Waals surface area contributed by atoms with Gasteiger partial charge in [-0.3, -0.25) is 9.89 Å². The van der Waals surface area contributed by atoms with Crippen molar-refractivity contribution in [3.05, 3.63) is 46.6 Å². The number of rotatable bonds is 0. The van der Waals surface area contributed by atoms with Crippen molar-refractivity contribution in [2.45, 2.75) is 0 Å². The van der Waals surface area contributed by atoms with Crippen LogP contribution in [0.3, 0.4) is 0 Å². The Morgan fingerprint density at radius 3 is 2.72 bits per heavy atom. The monoisotopic (exact) mass is 236 g/mol. The number of para-hydroxylation sites is 1. The van der Waals surface area contributed by atoms with E-state index in [4.69, 9.17) is 0 Å². The van der Waals surface area contributed by atoms with E-state index in [0.717, 1.165) is 11.0 Å². The summed E-state index contributed by atoms with van der Waals surface area (Å²) in [6, 6.07) is 11.0. The molecule has 0 aliphatic rings. The number of fused-ring (bicyclic) bond motifs is 4. The Balaban J connectivity index is 2.40. The highest BCUT2D eigenvalue weighted by molar-refractivity contribution is 6.06. The lowest BCUT2D eigenvalue weighted by Crippen LogP contribution is -2.04. The quantitative estimate of drug-likeness (QED) is 0.458. The number of aromatic amines is 2. The minimum atomic E-state index is -0.0150. The summed E-state index contributed by atoms with van der Waals surface area (Å²) in [4.78, 5) is 17.0. The predicted octanol–water partition coefficient (Wildman–Crippen LogP) is 1.95. The van der Waals surface area contributed by atoms with Crippen molar-refractivity contribution in [1.29, 1.82) is 0 Å². The van der Waals surface area contributed by atoms with Crippen molar-refractivity contribution in [3.8, 4) is 0 Å². The van der Waals surface area contributed by atoms with Crippen LogP contribution in [0.15, 0.2) is 41.2 Å². The molecule has 18 heavy (non-hydrogen) atoms. The number of pyridine rings is 1. The number of hydrogen-bond donors (Lipinski definition) is 2. The fraction of sp³-hybridized carbons (Fsp3) is 0. The Hall–Kier alpha value is -2.69. The average Bonchev–Trinajstić information content (AvgIpc) is 2.87. The van der Waals surface area contributed by atoms with Crippen LogP contribution in [-0.2, 0) is 0 Å². The highest BCUT2D eigenvalue weighted by atomic mass is 16.1. The lowest BCUT2D eigenvalue weighted by Gasteiger charge is -2.00. The van der Waals surface area contributed by atoms with Gasteiger partial charge in [-0.05, 0) is 24.3 Å². The molecule has 4 rings (SSSR count). The van der Waals surface area contributed by atoms with Gasteiger partial charge in [0, 0.05) is 5.39 Å². The minimum Gasteiger partial charge on any atom is -0.288 e. The van der Waals surface area contributed by atoms with Gasteiger partial charge in [0.15, 0.2) is 5.43 Å². The molecule has 0 saturated heterocycles. The molecule has 0 unspecified atom stereocenters. The molecule has 0 fully saturated rings. The second-order valence-electron chi connectivity index (χ2n) is 4.16. The van der Waals surface area contributed by atoms with Gasteiger partial charge in [-0.2, -0.15) is 5.10 Å². The Kier molecular flexibility index (Phi) is 1.64. The third-order valence-corrected chi connectivity index (χ3v) is 3.14. The molecule has 2 aromatic carbocycles. The minimum absolute atomic E-state index is 0.0150. The highest BCUT2D eigenvalue weighted by Gasteiger charge is 2.10. The molecule has 0 bridgehead atoms. The van der Waals surface area contributed by atoms with E-state index in [-0.39, 0.29) is 5.43 Å². The van der Waals surface area contributed by atoms with Gasteiger partial charge in [0.25, 0.3) is 0 Å². The first-order valence-corrected chi connectivity index (χ1v) is 5.59. The molecule has 2 N–H and O–H groups in total. The van der Waals surface area contributed by atoms with Crippen molar-refractivity contribution in [2.24, 2.45) is 0 Å². The van der Waals surface area contributed by atoms with Gasteiger partial charge in [0.1, 0.15) is 5.52 Å². The van der Waals surface area contributed by atoms with E-state index in [9.17, 15) is 4.79 Å². The zero-order chi connectivity index (χ0) is 12.1. The molecule has 0 amide bonds. The zero-order valence-corrected chi connectivity index (χ0v) is 9.27. The number of aromatic nitrogens is 4. The van der Waals surface area contributed by atoms with Crippen LogP contribution in [0.1, 0.15) is 0 Å². The normalized spacial score (nSPS) is 11.6. The SMILES string of the molecule is O=c1c2ccccc2nc2ccc3n[nH][nH]c3c12. The molecule has 0 spiro atoms. The maximum atomic E-state index is 12.5. The summed E-state index contributed by atoms with van der Waals surface area (Å²) in [5.74, 6) is 0. The average molecular weight is 236 g/mol. The third kappa shape index (κ3) is 1.08. The fourth-order valence-corrected chi connectivity index (χ4v) is 2.30. The summed E-state index contributed by atoms with van der Waals surface area (Å²) >= 11 is 0. The summed E-state index contributed by atoms with van der Waals surface area (Å²) in [5.41, 5.74) is 2.83. The second-order valence-corrected chi connectivity index (χ2v) is 4.16. The molecule has 4 aromatic rings. The number of nitrogens with zero attached hydrogens (tertiary/aromatic N) is 2. The summed E-state index contributed by atoms with van der Waals surface area (Å²) in [6.45, 7) is 0. The topological polar surface area (TPSA) is 74.4 Å². The summed E-state index contributed by atoms with van der Waals surface area (Å²) in [6.07, 6.45) is 0. The van der Waals surface area contributed by atoms with Gasteiger partial charge in [-0.15, -0.1) is 0 Å². The van der Waals surface area contributed by atoms with E-state index in [1.54, 1.807) is 6.07 Å². The molecule has 0 radical (unpaired) electrons. The van der Waals surface area contributed by atoms with Crippen LogP contribution in [-0.4, -0.2) is 20.4 Å². The van der Waals surface area contributed by atoms with E-state index in [0.29, 0.717) is 21.8 Å². The smallest absolute Gasteiger partial charge is 0.199 e. The lowest BCUT2D eigenvalue weighted by molar-refractivity contribution is 0.960. The molecule has 0 aliphatic carbocycles. The Bertz CT molecular complexity index is 951. The van der Waals surface area contributed by atoms with E-state index in [1.165, 1.54) is 0 Å². The predicted molar refractivity (Wildman–Crippen MR) is 69.5 cm³/mol. The van der Waals surface area contributed by atoms with E-state index in [2.05, 4.69) is 20.4 Å². The Morgan fingerprint density at radius 1 is 0.944 bits per heavy atom. The Labute approximate surface area is 100 Å². The van der Waals surface area contributed by atoms with Gasteiger partial charge in [-0.1, -0.05) is 12.1 Å². The molecule has 5 nitrogen and oxygen atoms in total. The first-order valence-electron chi connectivity index (χ1n) is 5.59. The highest BCUT2D eigenvalue weighted by Crippen LogP contribution is 2.20. The fourth-order valence-electron chi connectivity index (χ4n) is 2.30. The van der Waals surface area contributed by atoms with Crippen molar-refractivity contribution < 1.29 is 0 Å². The van der Waals surface area contributed by atoms with E-state index < -0.39 is 0 Å². The van der Waals surface area contributed by atoms with Crippen LogP contribution >= 0.6 is 0 Å². The summed E-state index contributed by atoms with van der Waals surface area (Å²) in [7, 11) is 0. The largest absolute Gasteiger partial charge is 0.288 e. The van der Waals surface area contributed by atoms with E-state index in [1.807, 2.05) is 30.3 Å². The van der Waals surface area contributed by atoms with E-state index >= 15 is 0 Å². The number of benzene rings is 2. The molecule has 2 aromatic heterocycles. The first-order chi connectivity index (χ1) is 8.84. The van der Waals surface area contributed by atoms with Crippen LogP contribution in [0, 0.1) is 0 Å². The van der Waals surface area contributed by atoms with Gasteiger partial charge in [0.2, 0.25) is 0 Å². The molecule has 5 heteroatoms. The number of hydrogen-bond acceptors (Lipinski definition) is 3. The number of nitrogens with one attached hydrogen (secondary N) is 2. The van der Waals surface area contributed by atoms with Crippen molar-refractivity contribution in [2.75, 3.05) is 0 Å². The van der Waals surface area contributed by atoms with Crippen LogP contribution in [0.5, 0.6) is 0 Å². The van der Waals surface area contributed by atoms with Crippen LogP contribution < -0.4 is 5.43 Å². The number of H-pyrrole nitrogens is 2. The molecular formula is C13H8N4O. The molecular weight excluding hydrogens is 228 g/mol. The van der Waals surface area contributed by atoms with Crippen LogP contribution in [0.25, 0.3) is 32.8 Å². The standard InChI is InChI=1S/C13H8N4O/c18-13-7-3-1-2-4-8(7)14-9-5-6-10-12(11(9)13)16-17-15-10/h1-6,16-17H. The van der Waals surface area contributed by atoms with Gasteiger partial charge in [-0.25, -0.2) is 10.2 Å². The lowest BCUT2D eigenvalue weighted by atomic mass is 10.1. The molecule has 86 valence electrons. The van der Waals surface area contributed by atoms with Gasteiger partial charge < -0.3 is 0 Å². The second kappa shape index (κ2) is 3.16. The van der Waals surface area contributed by atoms with Crippen LogP contribution in [0.2, 0.25) is 0 Å². The summed E-state index contributed by atoms with van der Waals surface area (Å²) < 4.78 is 0. The maximum Gasteiger partial charge on any atom is 0.199 e. The van der Waals surface area contributed by atoms with Gasteiger partial charge >= 0.3 is 0 Å².